The Morgan fingerprint density at radius 2 is 1.79 bits per heavy atom. The predicted molar refractivity (Wildman–Crippen MR) is 80.1 cm³/mol. The van der Waals surface area contributed by atoms with Crippen LogP contribution >= 0.6 is 16.4 Å². The zero-order valence-corrected chi connectivity index (χ0v) is 13.7. The van der Waals surface area contributed by atoms with Gasteiger partial charge in [0.1, 0.15) is 0 Å². The normalized spacial score (nSPS) is 13.4. The summed E-state index contributed by atoms with van der Waals surface area (Å²) in [5.41, 5.74) is 0.723. The molecule has 1 aromatic rings. The van der Waals surface area contributed by atoms with E-state index in [4.69, 9.17) is 0 Å². The minimum atomic E-state index is -4.20. The Morgan fingerprint density at radius 1 is 1.26 bits per heavy atom. The third kappa shape index (κ3) is 3.48. The largest absolute Gasteiger partial charge is 0.371 e. The van der Waals surface area contributed by atoms with Crippen molar-refractivity contribution in [3.05, 3.63) is 11.8 Å². The lowest BCUT2D eigenvalue weighted by Crippen LogP contribution is -2.25. The van der Waals surface area contributed by atoms with Crippen LogP contribution in [0.1, 0.15) is 19.5 Å². The van der Waals surface area contributed by atoms with Crippen molar-refractivity contribution < 1.29 is 14.4 Å². The van der Waals surface area contributed by atoms with Gasteiger partial charge < -0.3 is 14.7 Å². The van der Waals surface area contributed by atoms with Gasteiger partial charge in [-0.3, -0.25) is 0 Å². The Bertz CT molecular complexity index is 500. The van der Waals surface area contributed by atoms with Crippen molar-refractivity contribution in [2.75, 3.05) is 30.5 Å². The maximum atomic E-state index is 11.6. The van der Waals surface area contributed by atoms with Gasteiger partial charge in [-0.1, -0.05) is 0 Å². The van der Waals surface area contributed by atoms with Gasteiger partial charge in [0, 0.05) is 18.8 Å². The molecule has 1 rings (SSSR count). The highest BCUT2D eigenvalue weighted by molar-refractivity contribution is 8.75. The quantitative estimate of drug-likeness (QED) is 0.640. The van der Waals surface area contributed by atoms with Gasteiger partial charge in [0.05, 0.1) is 5.03 Å². The molecule has 0 bridgehead atoms. The summed E-state index contributed by atoms with van der Waals surface area (Å²) in [7, 11) is -2.28. The van der Waals surface area contributed by atoms with E-state index in [0.717, 1.165) is 18.8 Å². The lowest BCUT2D eigenvalue weighted by Gasteiger charge is -2.31. The summed E-state index contributed by atoms with van der Waals surface area (Å²) in [4.78, 5) is 29.7. The smallest absolute Gasteiger partial charge is 0.341 e. The van der Waals surface area contributed by atoms with E-state index in [2.05, 4.69) is 9.97 Å². The zero-order valence-electron chi connectivity index (χ0n) is 12.0. The van der Waals surface area contributed by atoms with E-state index in [1.165, 1.54) is 0 Å². The zero-order chi connectivity index (χ0) is 14.8. The van der Waals surface area contributed by atoms with E-state index in [1.54, 1.807) is 18.6 Å². The number of aromatic nitrogens is 2. The average Bonchev–Trinajstić information content (AvgIpc) is 2.28. The third-order valence-corrected chi connectivity index (χ3v) is 9.52. The standard InChI is InChI=1S/C11H22N3O3PS/c1-6-14(7-2)11-12-9(3)8-10(13-11)19(4,5)18(15,16)17/h8H,6-7H2,1-5H3,(H2,15,16,17). The molecule has 0 amide bonds. The van der Waals surface area contributed by atoms with E-state index in [0.29, 0.717) is 11.0 Å². The molecule has 0 spiro atoms. The first-order chi connectivity index (χ1) is 8.63. The summed E-state index contributed by atoms with van der Waals surface area (Å²) in [6.45, 7) is 3.11. The first-order valence-electron chi connectivity index (χ1n) is 6.03. The summed E-state index contributed by atoms with van der Waals surface area (Å²) in [5.74, 6) is 0.536. The Kier molecular flexibility index (Phi) is 5.01. The average molecular weight is 307 g/mol. The molecule has 0 atom stereocenters. The fourth-order valence-corrected chi connectivity index (χ4v) is 3.57. The Morgan fingerprint density at radius 3 is 2.21 bits per heavy atom. The molecule has 6 nitrogen and oxygen atoms in total. The third-order valence-electron chi connectivity index (χ3n) is 2.97. The monoisotopic (exact) mass is 307 g/mol. The molecule has 19 heavy (non-hydrogen) atoms. The molecule has 0 radical (unpaired) electrons. The van der Waals surface area contributed by atoms with Crippen LogP contribution in [0.5, 0.6) is 0 Å². The second kappa shape index (κ2) is 5.79. The van der Waals surface area contributed by atoms with Gasteiger partial charge in [-0.15, -0.1) is 9.65 Å². The van der Waals surface area contributed by atoms with Crippen LogP contribution in [0.4, 0.5) is 5.95 Å². The summed E-state index contributed by atoms with van der Waals surface area (Å²) >= 11 is 0. The number of rotatable bonds is 5. The molecule has 110 valence electrons. The molecule has 0 aliphatic carbocycles. The molecule has 0 aromatic carbocycles. The second-order valence-electron chi connectivity index (χ2n) is 4.58. The van der Waals surface area contributed by atoms with Crippen LogP contribution in [-0.4, -0.2) is 45.4 Å². The molecule has 0 aliphatic heterocycles. The van der Waals surface area contributed by atoms with Gasteiger partial charge >= 0.3 is 6.80 Å². The molecule has 0 unspecified atom stereocenters. The van der Waals surface area contributed by atoms with E-state index in [9.17, 15) is 14.4 Å². The van der Waals surface area contributed by atoms with Gasteiger partial charge in [-0.2, -0.15) is 0 Å². The molecule has 0 fully saturated rings. The van der Waals surface area contributed by atoms with Crippen LogP contribution in [0.3, 0.4) is 0 Å². The summed E-state index contributed by atoms with van der Waals surface area (Å²) in [6.07, 6.45) is 3.17. The minimum absolute atomic E-state index is 0.454. The number of nitrogens with zero attached hydrogens (tertiary/aromatic N) is 3. The van der Waals surface area contributed by atoms with Crippen molar-refractivity contribution in [1.29, 1.82) is 0 Å². The van der Waals surface area contributed by atoms with Crippen LogP contribution in [0.2, 0.25) is 0 Å². The Labute approximate surface area is 115 Å². The maximum Gasteiger partial charge on any atom is 0.371 e. The van der Waals surface area contributed by atoms with Crippen molar-refractivity contribution in [3.63, 3.8) is 0 Å². The molecule has 8 heteroatoms. The summed E-state index contributed by atoms with van der Waals surface area (Å²) in [5, 5.41) is 0.454. The van der Waals surface area contributed by atoms with Crippen LogP contribution in [0.25, 0.3) is 0 Å². The topological polar surface area (TPSA) is 86.6 Å². The number of hydrogen-bond acceptors (Lipinski definition) is 4. The molecule has 0 saturated heterocycles. The molecular formula is C11H22N3O3PS. The summed E-state index contributed by atoms with van der Waals surface area (Å²) < 4.78 is 11.6. The van der Waals surface area contributed by atoms with Crippen LogP contribution in [-0.2, 0) is 4.57 Å². The lowest BCUT2D eigenvalue weighted by atomic mass is 10.4. The number of aryl methyl sites for hydroxylation is 1. The fourth-order valence-electron chi connectivity index (χ4n) is 1.55. The number of hydrogen-bond donors (Lipinski definition) is 2. The van der Waals surface area contributed by atoms with E-state index < -0.39 is 16.4 Å². The highest BCUT2D eigenvalue weighted by Gasteiger charge is 2.36. The Hall–Kier alpha value is -0.620. The van der Waals surface area contributed by atoms with Crippen molar-refractivity contribution >= 4 is 22.4 Å². The van der Waals surface area contributed by atoms with Gasteiger partial charge in [0.15, 0.2) is 0 Å². The van der Waals surface area contributed by atoms with Crippen LogP contribution in [0.15, 0.2) is 11.1 Å². The molecule has 0 aliphatic rings. The predicted octanol–water partition coefficient (Wildman–Crippen LogP) is 2.15. The fraction of sp³-hybridized carbons (Fsp3) is 0.636. The van der Waals surface area contributed by atoms with Crippen LogP contribution in [0, 0.1) is 6.92 Å². The molecule has 1 heterocycles. The van der Waals surface area contributed by atoms with Gasteiger partial charge in [0.25, 0.3) is 0 Å². The van der Waals surface area contributed by atoms with E-state index in [1.807, 2.05) is 25.7 Å². The first-order valence-corrected chi connectivity index (χ1v) is 10.7. The van der Waals surface area contributed by atoms with E-state index >= 15 is 0 Å². The van der Waals surface area contributed by atoms with Crippen molar-refractivity contribution in [1.82, 2.24) is 9.97 Å². The van der Waals surface area contributed by atoms with E-state index in [-0.39, 0.29) is 0 Å². The highest BCUT2D eigenvalue weighted by atomic mass is 32.8. The van der Waals surface area contributed by atoms with Gasteiger partial charge in [0.2, 0.25) is 5.95 Å². The maximum absolute atomic E-state index is 11.6. The molecular weight excluding hydrogens is 285 g/mol. The first kappa shape index (κ1) is 16.4. The number of anilines is 1. The van der Waals surface area contributed by atoms with Crippen LogP contribution < -0.4 is 4.90 Å². The molecule has 1 aromatic heterocycles. The molecule has 0 saturated carbocycles. The van der Waals surface area contributed by atoms with Crippen molar-refractivity contribution in [2.24, 2.45) is 0 Å². The lowest BCUT2D eigenvalue weighted by molar-refractivity contribution is 0.395. The van der Waals surface area contributed by atoms with Crippen molar-refractivity contribution in [2.45, 2.75) is 25.8 Å². The van der Waals surface area contributed by atoms with Gasteiger partial charge in [-0.05, 0) is 39.3 Å². The minimum Gasteiger partial charge on any atom is -0.341 e. The Balaban J connectivity index is 3.35. The highest BCUT2D eigenvalue weighted by Crippen LogP contribution is 2.76. The second-order valence-corrected chi connectivity index (χ2v) is 12.7. The van der Waals surface area contributed by atoms with Crippen molar-refractivity contribution in [3.8, 4) is 0 Å². The SMILES string of the molecule is CCN(CC)c1nc(C)cc(S(C)(C)P(=O)(O)O)n1. The summed E-state index contributed by atoms with van der Waals surface area (Å²) in [6, 6.07) is 1.67. The molecule has 2 N–H and O–H groups in total. The van der Waals surface area contributed by atoms with Gasteiger partial charge in [-0.25, -0.2) is 14.5 Å².